The lowest BCUT2D eigenvalue weighted by Crippen LogP contribution is -2.18. The van der Waals surface area contributed by atoms with E-state index in [9.17, 15) is 0 Å². The first-order valence-corrected chi connectivity index (χ1v) is 17.5. The van der Waals surface area contributed by atoms with E-state index in [0.29, 0.717) is 0 Å². The van der Waals surface area contributed by atoms with E-state index in [-0.39, 0.29) is 5.41 Å². The first-order chi connectivity index (χ1) is 20.1. The second kappa shape index (κ2) is 22.6. The Hall–Kier alpha value is -1.96. The first-order valence-electron chi connectivity index (χ1n) is 17.5. The van der Waals surface area contributed by atoms with Crippen LogP contribution in [0.15, 0.2) is 48.5 Å². The van der Waals surface area contributed by atoms with Crippen molar-refractivity contribution in [2.45, 2.75) is 162 Å². The highest BCUT2D eigenvalue weighted by Crippen LogP contribution is 2.33. The van der Waals surface area contributed by atoms with Crippen molar-refractivity contribution in [3.05, 3.63) is 59.7 Å². The van der Waals surface area contributed by atoms with Gasteiger partial charge in [-0.3, -0.25) is 0 Å². The summed E-state index contributed by atoms with van der Waals surface area (Å²) >= 11 is 0. The highest BCUT2D eigenvalue weighted by molar-refractivity contribution is 5.41. The van der Waals surface area contributed by atoms with Gasteiger partial charge < -0.3 is 9.47 Å². The third-order valence-electron chi connectivity index (χ3n) is 8.69. The molecule has 2 heteroatoms. The van der Waals surface area contributed by atoms with E-state index in [4.69, 9.17) is 9.47 Å². The minimum absolute atomic E-state index is 0.0653. The molecule has 0 aromatic heterocycles. The summed E-state index contributed by atoms with van der Waals surface area (Å²) in [5.74, 6) is 1.97. The van der Waals surface area contributed by atoms with Crippen LogP contribution in [0.4, 0.5) is 0 Å². The second-order valence-electron chi connectivity index (χ2n) is 12.7. The molecule has 232 valence electrons. The molecule has 0 heterocycles. The number of hydrogen-bond donors (Lipinski definition) is 0. The molecular formula is C39H64O2. The molecule has 0 aliphatic rings. The summed E-state index contributed by atoms with van der Waals surface area (Å²) in [5, 5.41) is 0. The largest absolute Gasteiger partial charge is 0.494 e. The molecule has 2 nitrogen and oxygen atoms in total. The summed E-state index contributed by atoms with van der Waals surface area (Å²) in [7, 11) is 0. The van der Waals surface area contributed by atoms with Gasteiger partial charge >= 0.3 is 0 Å². The predicted octanol–water partition coefficient (Wildman–Crippen LogP) is 12.6. The second-order valence-corrected chi connectivity index (χ2v) is 12.7. The maximum absolute atomic E-state index is 6.04. The summed E-state index contributed by atoms with van der Waals surface area (Å²) < 4.78 is 12.1. The molecule has 0 spiro atoms. The third kappa shape index (κ3) is 15.7. The van der Waals surface area contributed by atoms with Crippen molar-refractivity contribution in [3.63, 3.8) is 0 Å². The van der Waals surface area contributed by atoms with Gasteiger partial charge in [-0.05, 0) is 48.2 Å². The molecule has 2 aromatic carbocycles. The molecule has 0 aliphatic heterocycles. The third-order valence-corrected chi connectivity index (χ3v) is 8.69. The molecule has 2 aromatic rings. The van der Waals surface area contributed by atoms with Gasteiger partial charge in [0, 0.05) is 5.41 Å². The molecule has 0 saturated heterocycles. The van der Waals surface area contributed by atoms with Crippen molar-refractivity contribution in [1.29, 1.82) is 0 Å². The van der Waals surface area contributed by atoms with Gasteiger partial charge in [-0.2, -0.15) is 0 Å². The fraction of sp³-hybridized carbons (Fsp3) is 0.692. The zero-order valence-electron chi connectivity index (χ0n) is 27.5. The molecule has 0 bridgehead atoms. The van der Waals surface area contributed by atoms with Crippen LogP contribution >= 0.6 is 0 Å². The Morgan fingerprint density at radius 1 is 0.390 bits per heavy atom. The van der Waals surface area contributed by atoms with Crippen molar-refractivity contribution >= 4 is 0 Å². The lowest BCUT2D eigenvalue weighted by Gasteiger charge is -2.26. The fourth-order valence-corrected chi connectivity index (χ4v) is 5.66. The van der Waals surface area contributed by atoms with Crippen LogP contribution in [0.1, 0.15) is 167 Å². The van der Waals surface area contributed by atoms with Crippen molar-refractivity contribution in [1.82, 2.24) is 0 Å². The first kappa shape index (κ1) is 35.2. The van der Waals surface area contributed by atoms with Gasteiger partial charge in [-0.25, -0.2) is 0 Å². The zero-order chi connectivity index (χ0) is 29.4. The van der Waals surface area contributed by atoms with Crippen LogP contribution in [0.2, 0.25) is 0 Å². The average molecular weight is 565 g/mol. The van der Waals surface area contributed by atoms with Crippen LogP contribution in [-0.4, -0.2) is 13.2 Å². The SMILES string of the molecule is CCCCCCCCCCCCOc1ccc(C(C)(C)c2ccc(OCCCCCCCCCCCC)cc2)cc1. The molecule has 0 N–H and O–H groups in total. The quantitative estimate of drug-likeness (QED) is 0.106. The fourth-order valence-electron chi connectivity index (χ4n) is 5.66. The molecule has 0 aliphatic carbocycles. The minimum Gasteiger partial charge on any atom is -0.494 e. The monoisotopic (exact) mass is 564 g/mol. The summed E-state index contributed by atoms with van der Waals surface area (Å²) in [5.41, 5.74) is 2.55. The van der Waals surface area contributed by atoms with Crippen LogP contribution in [0, 0.1) is 0 Å². The molecule has 0 atom stereocenters. The normalized spacial score (nSPS) is 11.6. The Balaban J connectivity index is 1.60. The Kier molecular flexibility index (Phi) is 19.4. The lowest BCUT2D eigenvalue weighted by atomic mass is 9.78. The van der Waals surface area contributed by atoms with Crippen molar-refractivity contribution in [3.8, 4) is 11.5 Å². The van der Waals surface area contributed by atoms with Gasteiger partial charge in [0.1, 0.15) is 11.5 Å². The summed E-state index contributed by atoms with van der Waals surface area (Å²) in [4.78, 5) is 0. The van der Waals surface area contributed by atoms with E-state index < -0.39 is 0 Å². The molecular weight excluding hydrogens is 500 g/mol. The van der Waals surface area contributed by atoms with Gasteiger partial charge in [0.2, 0.25) is 0 Å². The summed E-state index contributed by atoms with van der Waals surface area (Å²) in [6.07, 6.45) is 27.1. The highest BCUT2D eigenvalue weighted by Gasteiger charge is 2.23. The molecule has 2 rings (SSSR count). The maximum atomic E-state index is 6.04. The molecule has 41 heavy (non-hydrogen) atoms. The van der Waals surface area contributed by atoms with Crippen LogP contribution < -0.4 is 9.47 Å². The van der Waals surface area contributed by atoms with E-state index in [1.807, 2.05) is 0 Å². The lowest BCUT2D eigenvalue weighted by molar-refractivity contribution is 0.304. The predicted molar refractivity (Wildman–Crippen MR) is 180 cm³/mol. The molecule has 0 amide bonds. The molecule has 0 fully saturated rings. The number of benzene rings is 2. The summed E-state index contributed by atoms with van der Waals surface area (Å²) in [6.45, 7) is 10.8. The number of rotatable bonds is 26. The van der Waals surface area contributed by atoms with Gasteiger partial charge in [0.25, 0.3) is 0 Å². The van der Waals surface area contributed by atoms with Gasteiger partial charge in [-0.15, -0.1) is 0 Å². The summed E-state index contributed by atoms with van der Waals surface area (Å²) in [6, 6.07) is 17.4. The van der Waals surface area contributed by atoms with E-state index in [1.54, 1.807) is 0 Å². The van der Waals surface area contributed by atoms with Gasteiger partial charge in [0.15, 0.2) is 0 Å². The average Bonchev–Trinajstić information content (AvgIpc) is 2.99. The number of ether oxygens (including phenoxy) is 2. The molecule has 0 saturated carbocycles. The highest BCUT2D eigenvalue weighted by atomic mass is 16.5. The van der Waals surface area contributed by atoms with E-state index >= 15 is 0 Å². The number of hydrogen-bond acceptors (Lipinski definition) is 2. The Bertz CT molecular complexity index is 781. The van der Waals surface area contributed by atoms with Crippen LogP contribution in [0.3, 0.4) is 0 Å². The van der Waals surface area contributed by atoms with Crippen molar-refractivity contribution < 1.29 is 9.47 Å². The van der Waals surface area contributed by atoms with E-state index in [0.717, 1.165) is 37.6 Å². The van der Waals surface area contributed by atoms with E-state index in [2.05, 4.69) is 76.2 Å². The van der Waals surface area contributed by atoms with Crippen LogP contribution in [-0.2, 0) is 5.41 Å². The standard InChI is InChI=1S/C39H64O2/c1-5-7-9-11-13-15-17-19-21-23-33-40-37-29-25-35(26-30-37)39(3,4)36-27-31-38(32-28-36)41-34-24-22-20-18-16-14-12-10-8-6-2/h25-32H,5-24,33-34H2,1-4H3. The number of unbranched alkanes of at least 4 members (excludes halogenated alkanes) is 18. The van der Waals surface area contributed by atoms with Gasteiger partial charge in [0.05, 0.1) is 13.2 Å². The van der Waals surface area contributed by atoms with Gasteiger partial charge in [-0.1, -0.05) is 168 Å². The maximum Gasteiger partial charge on any atom is 0.119 e. The topological polar surface area (TPSA) is 18.5 Å². The Morgan fingerprint density at radius 2 is 0.659 bits per heavy atom. The molecule has 0 unspecified atom stereocenters. The smallest absolute Gasteiger partial charge is 0.119 e. The Labute approximate surface area is 255 Å². The minimum atomic E-state index is -0.0653. The van der Waals surface area contributed by atoms with Crippen molar-refractivity contribution in [2.75, 3.05) is 13.2 Å². The van der Waals surface area contributed by atoms with Crippen LogP contribution in [0.25, 0.3) is 0 Å². The van der Waals surface area contributed by atoms with Crippen molar-refractivity contribution in [2.24, 2.45) is 0 Å². The van der Waals surface area contributed by atoms with E-state index in [1.165, 1.54) is 127 Å². The Morgan fingerprint density at radius 3 is 0.951 bits per heavy atom. The molecule has 0 radical (unpaired) electrons. The van der Waals surface area contributed by atoms with Crippen LogP contribution in [0.5, 0.6) is 11.5 Å². The zero-order valence-corrected chi connectivity index (χ0v) is 27.5.